The van der Waals surface area contributed by atoms with Crippen LogP contribution in [-0.4, -0.2) is 12.9 Å². The van der Waals surface area contributed by atoms with Gasteiger partial charge in [-0.3, -0.25) is 4.79 Å². The van der Waals surface area contributed by atoms with E-state index in [9.17, 15) is 4.79 Å². The molecule has 0 N–H and O–H groups in total. The first-order chi connectivity index (χ1) is 6.29. The summed E-state index contributed by atoms with van der Waals surface area (Å²) in [4.78, 5) is 11.1. The van der Waals surface area contributed by atoms with Crippen molar-refractivity contribution < 1.29 is 9.53 Å². The van der Waals surface area contributed by atoms with Crippen LogP contribution in [0.1, 0.15) is 11.1 Å². The minimum Gasteiger partial charge on any atom is -0.497 e. The van der Waals surface area contributed by atoms with E-state index in [0.29, 0.717) is 6.42 Å². The third kappa shape index (κ3) is 1.47. The van der Waals surface area contributed by atoms with E-state index in [-0.39, 0.29) is 5.78 Å². The molecule has 2 heteroatoms. The molecule has 0 saturated heterocycles. The Kier molecular flexibility index (Phi) is 1.89. The SMILES string of the molecule is COc1ccc2c(c1)C=CC(=O)C2. The van der Waals surface area contributed by atoms with Gasteiger partial charge in [-0.2, -0.15) is 0 Å². The minimum absolute atomic E-state index is 0.165. The summed E-state index contributed by atoms with van der Waals surface area (Å²) in [5.41, 5.74) is 2.16. The maximum atomic E-state index is 11.1. The Hall–Kier alpha value is -1.57. The van der Waals surface area contributed by atoms with Gasteiger partial charge in [-0.15, -0.1) is 0 Å². The molecule has 0 radical (unpaired) electrons. The van der Waals surface area contributed by atoms with E-state index in [2.05, 4.69) is 0 Å². The number of allylic oxidation sites excluding steroid dienone is 1. The van der Waals surface area contributed by atoms with Crippen LogP contribution in [0.3, 0.4) is 0 Å². The summed E-state index contributed by atoms with van der Waals surface area (Å²) in [7, 11) is 1.64. The monoisotopic (exact) mass is 174 g/mol. The molecule has 1 aliphatic carbocycles. The average molecular weight is 174 g/mol. The predicted molar refractivity (Wildman–Crippen MR) is 50.7 cm³/mol. The fourth-order valence-corrected chi connectivity index (χ4v) is 1.45. The molecule has 66 valence electrons. The summed E-state index contributed by atoms with van der Waals surface area (Å²) in [5, 5.41) is 0. The average Bonchev–Trinajstić information content (AvgIpc) is 2.17. The summed E-state index contributed by atoms with van der Waals surface area (Å²) in [6.07, 6.45) is 3.96. The summed E-state index contributed by atoms with van der Waals surface area (Å²) in [6, 6.07) is 5.76. The largest absolute Gasteiger partial charge is 0.497 e. The highest BCUT2D eigenvalue weighted by molar-refractivity contribution is 5.98. The van der Waals surface area contributed by atoms with Crippen molar-refractivity contribution in [1.29, 1.82) is 0 Å². The molecule has 0 heterocycles. The Balaban J connectivity index is 2.45. The van der Waals surface area contributed by atoms with Crippen molar-refractivity contribution in [2.45, 2.75) is 6.42 Å². The molecular weight excluding hydrogens is 164 g/mol. The predicted octanol–water partition coefficient (Wildman–Crippen LogP) is 1.83. The lowest BCUT2D eigenvalue weighted by Gasteiger charge is -2.10. The quantitative estimate of drug-likeness (QED) is 0.649. The molecular formula is C11H10O2. The topological polar surface area (TPSA) is 26.3 Å². The minimum atomic E-state index is 0.165. The Morgan fingerprint density at radius 3 is 2.92 bits per heavy atom. The van der Waals surface area contributed by atoms with Gasteiger partial charge in [0.1, 0.15) is 5.75 Å². The molecule has 0 atom stereocenters. The number of carbonyl (C=O) groups is 1. The lowest BCUT2D eigenvalue weighted by Crippen LogP contribution is -2.04. The second-order valence-electron chi connectivity index (χ2n) is 3.04. The first-order valence-electron chi connectivity index (χ1n) is 4.17. The number of fused-ring (bicyclic) bond motifs is 1. The van der Waals surface area contributed by atoms with Crippen LogP contribution in [0.2, 0.25) is 0 Å². The zero-order chi connectivity index (χ0) is 9.26. The highest BCUT2D eigenvalue weighted by atomic mass is 16.5. The lowest BCUT2D eigenvalue weighted by molar-refractivity contribution is -0.114. The molecule has 0 amide bonds. The van der Waals surface area contributed by atoms with Crippen LogP contribution in [0.15, 0.2) is 24.3 Å². The molecule has 2 nitrogen and oxygen atoms in total. The Morgan fingerprint density at radius 2 is 2.15 bits per heavy atom. The number of ether oxygens (including phenoxy) is 1. The van der Waals surface area contributed by atoms with Crippen LogP contribution in [-0.2, 0) is 11.2 Å². The van der Waals surface area contributed by atoms with Crippen LogP contribution >= 0.6 is 0 Å². The maximum absolute atomic E-state index is 11.1. The molecule has 0 spiro atoms. The van der Waals surface area contributed by atoms with Crippen LogP contribution in [0.4, 0.5) is 0 Å². The van der Waals surface area contributed by atoms with E-state index in [1.165, 1.54) is 0 Å². The number of hydrogen-bond acceptors (Lipinski definition) is 2. The molecule has 1 aromatic carbocycles. The van der Waals surface area contributed by atoms with E-state index >= 15 is 0 Å². The maximum Gasteiger partial charge on any atom is 0.160 e. The van der Waals surface area contributed by atoms with Crippen molar-refractivity contribution in [1.82, 2.24) is 0 Å². The van der Waals surface area contributed by atoms with E-state index in [4.69, 9.17) is 4.74 Å². The zero-order valence-electron chi connectivity index (χ0n) is 7.41. The van der Waals surface area contributed by atoms with Crippen molar-refractivity contribution in [2.75, 3.05) is 7.11 Å². The Bertz CT molecular complexity index is 378. The van der Waals surface area contributed by atoms with Crippen LogP contribution in [0, 0.1) is 0 Å². The van der Waals surface area contributed by atoms with Crippen molar-refractivity contribution in [3.63, 3.8) is 0 Å². The smallest absolute Gasteiger partial charge is 0.160 e. The summed E-state index contributed by atoms with van der Waals surface area (Å²) >= 11 is 0. The molecule has 0 aromatic heterocycles. The van der Waals surface area contributed by atoms with Crippen molar-refractivity contribution in [3.8, 4) is 5.75 Å². The van der Waals surface area contributed by atoms with Gasteiger partial charge in [0.05, 0.1) is 7.11 Å². The van der Waals surface area contributed by atoms with E-state index in [1.807, 2.05) is 24.3 Å². The molecule has 0 bridgehead atoms. The summed E-state index contributed by atoms with van der Waals surface area (Å²) < 4.78 is 5.09. The van der Waals surface area contributed by atoms with Gasteiger partial charge in [0.15, 0.2) is 5.78 Å². The third-order valence-corrected chi connectivity index (χ3v) is 2.17. The van der Waals surface area contributed by atoms with Crippen LogP contribution < -0.4 is 4.74 Å². The molecule has 0 aliphatic heterocycles. The van der Waals surface area contributed by atoms with E-state index in [1.54, 1.807) is 13.2 Å². The van der Waals surface area contributed by atoms with Gasteiger partial charge in [0.25, 0.3) is 0 Å². The second-order valence-corrected chi connectivity index (χ2v) is 3.04. The van der Waals surface area contributed by atoms with Crippen molar-refractivity contribution in [3.05, 3.63) is 35.4 Å². The Morgan fingerprint density at radius 1 is 1.31 bits per heavy atom. The second kappa shape index (κ2) is 3.05. The van der Waals surface area contributed by atoms with Gasteiger partial charge in [-0.05, 0) is 29.3 Å². The fourth-order valence-electron chi connectivity index (χ4n) is 1.45. The molecule has 0 unspecified atom stereocenters. The number of rotatable bonds is 1. The first-order valence-corrected chi connectivity index (χ1v) is 4.17. The number of methoxy groups -OCH3 is 1. The number of ketones is 1. The highest BCUT2D eigenvalue weighted by Crippen LogP contribution is 2.22. The van der Waals surface area contributed by atoms with Crippen LogP contribution in [0.25, 0.3) is 6.08 Å². The number of benzene rings is 1. The normalized spacial score (nSPS) is 14.1. The molecule has 1 aromatic rings. The van der Waals surface area contributed by atoms with E-state index < -0.39 is 0 Å². The van der Waals surface area contributed by atoms with Gasteiger partial charge >= 0.3 is 0 Å². The summed E-state index contributed by atoms with van der Waals surface area (Å²) in [6.45, 7) is 0. The van der Waals surface area contributed by atoms with Crippen molar-refractivity contribution >= 4 is 11.9 Å². The van der Waals surface area contributed by atoms with Crippen molar-refractivity contribution in [2.24, 2.45) is 0 Å². The van der Waals surface area contributed by atoms with Crippen LogP contribution in [0.5, 0.6) is 5.75 Å². The van der Waals surface area contributed by atoms with Gasteiger partial charge in [-0.25, -0.2) is 0 Å². The van der Waals surface area contributed by atoms with Gasteiger partial charge in [0.2, 0.25) is 0 Å². The Labute approximate surface area is 76.8 Å². The van der Waals surface area contributed by atoms with E-state index in [0.717, 1.165) is 16.9 Å². The molecule has 13 heavy (non-hydrogen) atoms. The zero-order valence-corrected chi connectivity index (χ0v) is 7.41. The number of carbonyl (C=O) groups excluding carboxylic acids is 1. The first kappa shape index (κ1) is 8.05. The molecule has 0 fully saturated rings. The molecule has 2 rings (SSSR count). The molecule has 1 aliphatic rings. The summed E-state index contributed by atoms with van der Waals surface area (Å²) in [5.74, 6) is 0.996. The number of hydrogen-bond donors (Lipinski definition) is 0. The lowest BCUT2D eigenvalue weighted by atomic mass is 9.96. The molecule has 0 saturated carbocycles. The third-order valence-electron chi connectivity index (χ3n) is 2.17. The van der Waals surface area contributed by atoms with Gasteiger partial charge in [-0.1, -0.05) is 12.1 Å². The standard InChI is InChI=1S/C11H10O2/c1-13-11-5-3-8-6-10(12)4-2-9(8)7-11/h2-5,7H,6H2,1H3. The highest BCUT2D eigenvalue weighted by Gasteiger charge is 2.10. The fraction of sp³-hybridized carbons (Fsp3) is 0.182. The van der Waals surface area contributed by atoms with Gasteiger partial charge < -0.3 is 4.74 Å². The van der Waals surface area contributed by atoms with Gasteiger partial charge in [0, 0.05) is 6.42 Å².